The SMILES string of the molecule is CC/C=C\CCCCOC(CCC(=O)OCCCCCCN(CCO)CCCN(CCCCCCCCCOC(=O)C(CCCC)CCCCCC)CCCCCCCCCOC(=O)C(CCCC)CCCCCC)OCCCC/C=C\CC. The lowest BCUT2D eigenvalue weighted by Crippen LogP contribution is -2.33. The van der Waals surface area contributed by atoms with E-state index in [1.165, 1.54) is 103 Å². The Balaban J connectivity index is 4.90. The molecule has 2 unspecified atom stereocenters. The van der Waals surface area contributed by atoms with Gasteiger partial charge >= 0.3 is 17.9 Å². The van der Waals surface area contributed by atoms with Gasteiger partial charge in [-0.1, -0.05) is 220 Å². The third-order valence-corrected chi connectivity index (χ3v) is 16.5. The number of esters is 3. The predicted molar refractivity (Wildman–Crippen MR) is 356 cm³/mol. The first-order chi connectivity index (χ1) is 41.3. The van der Waals surface area contributed by atoms with Gasteiger partial charge in [0.2, 0.25) is 0 Å². The van der Waals surface area contributed by atoms with E-state index in [1.807, 2.05) is 0 Å². The molecule has 1 N–H and O–H groups in total. The summed E-state index contributed by atoms with van der Waals surface area (Å²) >= 11 is 0. The number of carbonyl (C=O) groups excluding carboxylic acids is 3. The van der Waals surface area contributed by atoms with Gasteiger partial charge < -0.3 is 38.6 Å². The van der Waals surface area contributed by atoms with E-state index in [1.54, 1.807) is 0 Å². The van der Waals surface area contributed by atoms with Gasteiger partial charge in [-0.25, -0.2) is 0 Å². The summed E-state index contributed by atoms with van der Waals surface area (Å²) in [7, 11) is 0. The molecule has 0 heterocycles. The van der Waals surface area contributed by atoms with Crippen LogP contribution in [-0.2, 0) is 38.1 Å². The maximum Gasteiger partial charge on any atom is 0.308 e. The lowest BCUT2D eigenvalue weighted by molar-refractivity contribution is -0.159. The Bertz CT molecular complexity index is 1360. The van der Waals surface area contributed by atoms with Gasteiger partial charge in [0.05, 0.1) is 44.7 Å². The van der Waals surface area contributed by atoms with Crippen molar-refractivity contribution in [3.8, 4) is 0 Å². The number of aliphatic hydroxyl groups excluding tert-OH is 1. The molecule has 0 aliphatic carbocycles. The maximum atomic E-state index is 12.9. The van der Waals surface area contributed by atoms with Gasteiger partial charge in [0.25, 0.3) is 0 Å². The third kappa shape index (κ3) is 56.2. The second-order valence-electron chi connectivity index (χ2n) is 24.5. The molecule has 0 spiro atoms. The summed E-state index contributed by atoms with van der Waals surface area (Å²) in [5.74, 6) is 0.0831. The molecule has 0 amide bonds. The highest BCUT2D eigenvalue weighted by atomic mass is 16.7. The van der Waals surface area contributed by atoms with Gasteiger partial charge in [0, 0.05) is 26.2 Å². The molecule has 0 rings (SSSR count). The Morgan fingerprint density at radius 2 is 0.690 bits per heavy atom. The molecule has 11 heteroatoms. The van der Waals surface area contributed by atoms with E-state index in [-0.39, 0.29) is 42.6 Å². The van der Waals surface area contributed by atoms with Crippen LogP contribution in [0.1, 0.15) is 330 Å². The van der Waals surface area contributed by atoms with E-state index in [2.05, 4.69) is 75.6 Å². The molecule has 0 aliphatic heterocycles. The largest absolute Gasteiger partial charge is 0.466 e. The van der Waals surface area contributed by atoms with E-state index in [0.717, 1.165) is 206 Å². The van der Waals surface area contributed by atoms with Crippen LogP contribution in [-0.4, -0.2) is 118 Å². The maximum absolute atomic E-state index is 12.9. The monoisotopic (exact) mass is 1190 g/mol. The topological polar surface area (TPSA) is 124 Å². The third-order valence-electron chi connectivity index (χ3n) is 16.5. The predicted octanol–water partition coefficient (Wildman–Crippen LogP) is 19.6. The van der Waals surface area contributed by atoms with Crippen LogP contribution in [0.25, 0.3) is 0 Å². The smallest absolute Gasteiger partial charge is 0.308 e. The Morgan fingerprint density at radius 1 is 0.345 bits per heavy atom. The number of nitrogens with zero attached hydrogens (tertiary/aromatic N) is 2. The molecule has 0 aromatic heterocycles. The van der Waals surface area contributed by atoms with Crippen molar-refractivity contribution in [2.75, 3.05) is 78.9 Å². The number of allylic oxidation sites excluding steroid dienone is 4. The van der Waals surface area contributed by atoms with Crippen LogP contribution in [0.3, 0.4) is 0 Å². The standard InChI is InChI=1S/C73H140N2O9/c1-7-13-19-23-34-45-64-81-71(82-65-46-35-24-20-14-8-2)55-54-70(77)80-63-44-38-33-43-58-75(61-62-76)60-49-59-74(56-41-31-27-25-29-36-47-66-83-72(78)68(50-17-11-5)52-39-21-15-9-3)57-42-32-28-26-30-37-48-67-84-73(79)69(51-18-12-6)53-40-22-16-10-4/h13-14,19-20,68-69,71,76H,7-12,15-18,21-67H2,1-6H3/b19-13-,20-14-. The van der Waals surface area contributed by atoms with E-state index in [9.17, 15) is 19.5 Å². The van der Waals surface area contributed by atoms with Crippen LogP contribution in [0.15, 0.2) is 24.3 Å². The van der Waals surface area contributed by atoms with Gasteiger partial charge in [0.15, 0.2) is 6.29 Å². The first-order valence-electron chi connectivity index (χ1n) is 36.4. The summed E-state index contributed by atoms with van der Waals surface area (Å²) in [5, 5.41) is 9.98. The molecule has 0 aromatic carbocycles. The number of hydrogen-bond donors (Lipinski definition) is 1. The van der Waals surface area contributed by atoms with E-state index in [0.29, 0.717) is 52.4 Å². The van der Waals surface area contributed by atoms with E-state index >= 15 is 0 Å². The summed E-state index contributed by atoms with van der Waals surface area (Å²) in [5.41, 5.74) is 0. The zero-order valence-corrected chi connectivity index (χ0v) is 56.5. The van der Waals surface area contributed by atoms with Crippen molar-refractivity contribution < 1.29 is 43.2 Å². The molecule has 0 aromatic rings. The molecule has 84 heavy (non-hydrogen) atoms. The minimum Gasteiger partial charge on any atom is -0.466 e. The van der Waals surface area contributed by atoms with Crippen molar-refractivity contribution >= 4 is 17.9 Å². The van der Waals surface area contributed by atoms with Crippen LogP contribution in [0.4, 0.5) is 0 Å². The van der Waals surface area contributed by atoms with Gasteiger partial charge in [-0.2, -0.15) is 0 Å². The minimum atomic E-state index is -0.373. The van der Waals surface area contributed by atoms with Gasteiger partial charge in [-0.3, -0.25) is 14.4 Å². The van der Waals surface area contributed by atoms with Crippen molar-refractivity contribution in [3.05, 3.63) is 24.3 Å². The molecule has 0 fully saturated rings. The van der Waals surface area contributed by atoms with E-state index in [4.69, 9.17) is 23.7 Å². The lowest BCUT2D eigenvalue weighted by Gasteiger charge is -2.26. The van der Waals surface area contributed by atoms with Crippen molar-refractivity contribution in [1.29, 1.82) is 0 Å². The minimum absolute atomic E-state index is 0.0437. The van der Waals surface area contributed by atoms with Crippen molar-refractivity contribution in [1.82, 2.24) is 9.80 Å². The Morgan fingerprint density at radius 3 is 1.10 bits per heavy atom. The van der Waals surface area contributed by atoms with Crippen LogP contribution >= 0.6 is 0 Å². The van der Waals surface area contributed by atoms with Crippen LogP contribution in [0.2, 0.25) is 0 Å². The molecule has 2 atom stereocenters. The summed E-state index contributed by atoms with van der Waals surface area (Å²) in [6, 6.07) is 0. The fourth-order valence-electron chi connectivity index (χ4n) is 11.1. The van der Waals surface area contributed by atoms with Crippen LogP contribution in [0, 0.1) is 11.8 Å². The average Bonchev–Trinajstić information content (AvgIpc) is 3.49. The Labute approximate surface area is 520 Å². The second kappa shape index (κ2) is 66.6. The normalized spacial score (nSPS) is 12.7. The molecule has 11 nitrogen and oxygen atoms in total. The molecular weight excluding hydrogens is 1050 g/mol. The lowest BCUT2D eigenvalue weighted by atomic mass is 9.95. The fourth-order valence-corrected chi connectivity index (χ4v) is 11.1. The zero-order valence-electron chi connectivity index (χ0n) is 56.5. The Kier molecular flexibility index (Phi) is 64.8. The van der Waals surface area contributed by atoms with Gasteiger partial charge in [0.1, 0.15) is 0 Å². The summed E-state index contributed by atoms with van der Waals surface area (Å²) < 4.78 is 29.4. The number of rotatable bonds is 68. The molecule has 0 aliphatic rings. The highest BCUT2D eigenvalue weighted by Gasteiger charge is 2.21. The fraction of sp³-hybridized carbons (Fsp3) is 0.904. The molecule has 0 saturated carbocycles. The van der Waals surface area contributed by atoms with Crippen LogP contribution in [0.5, 0.6) is 0 Å². The zero-order chi connectivity index (χ0) is 61.3. The van der Waals surface area contributed by atoms with Crippen molar-refractivity contribution in [3.63, 3.8) is 0 Å². The number of carbonyl (C=O) groups is 3. The van der Waals surface area contributed by atoms with Crippen LogP contribution < -0.4 is 0 Å². The van der Waals surface area contributed by atoms with E-state index < -0.39 is 0 Å². The number of aliphatic hydroxyl groups is 1. The highest BCUT2D eigenvalue weighted by Crippen LogP contribution is 2.22. The molecule has 0 radical (unpaired) electrons. The number of ether oxygens (including phenoxy) is 5. The average molecular weight is 1190 g/mol. The highest BCUT2D eigenvalue weighted by molar-refractivity contribution is 5.72. The Hall–Kier alpha value is -2.31. The van der Waals surface area contributed by atoms with Gasteiger partial charge in [-0.05, 0) is 155 Å². The van der Waals surface area contributed by atoms with Gasteiger partial charge in [-0.15, -0.1) is 0 Å². The van der Waals surface area contributed by atoms with Crippen molar-refractivity contribution in [2.45, 2.75) is 337 Å². The van der Waals surface area contributed by atoms with Crippen molar-refractivity contribution in [2.24, 2.45) is 11.8 Å². The quantitative estimate of drug-likeness (QED) is 0.0206. The molecule has 496 valence electrons. The summed E-state index contributed by atoms with van der Waals surface area (Å²) in [4.78, 5) is 43.7. The first-order valence-corrected chi connectivity index (χ1v) is 36.4. The molecule has 0 saturated heterocycles. The number of unbranched alkanes of at least 4 members (excludes halogenated alkanes) is 27. The summed E-state index contributed by atoms with van der Waals surface area (Å²) in [6.07, 6.45) is 57.5. The summed E-state index contributed by atoms with van der Waals surface area (Å²) in [6.45, 7) is 22.3. The number of hydrogen-bond acceptors (Lipinski definition) is 11. The second-order valence-corrected chi connectivity index (χ2v) is 24.5. The first kappa shape index (κ1) is 81.7. The molecule has 0 bridgehead atoms. The molecular formula is C73H140N2O9.